The van der Waals surface area contributed by atoms with Crippen LogP contribution in [0.25, 0.3) is 0 Å². The lowest BCUT2D eigenvalue weighted by atomic mass is 10.1. The monoisotopic (exact) mass is 299 g/mol. The van der Waals surface area contributed by atoms with Crippen LogP contribution in [-0.4, -0.2) is 37.9 Å². The van der Waals surface area contributed by atoms with Crippen LogP contribution in [0.5, 0.6) is 5.75 Å². The Morgan fingerprint density at radius 1 is 1.10 bits per heavy atom. The molecule has 3 nitrogen and oxygen atoms in total. The Morgan fingerprint density at radius 3 is 2.40 bits per heavy atom. The number of Topliss-reactive ketones (excluding diaryl/α,β-unsaturated/α-hetero) is 1. The maximum atomic E-state index is 11.4. The standard InChI is InChI=1S/C16H25NO2.ClH/c1-14(18)15-10-6-7-11-16(15)19-13-9-5-4-8-12-17(2)3;/h6-7,10-11H,4-5,8-9,12-13H2,1-3H3;1H. The van der Waals surface area contributed by atoms with Gasteiger partial charge in [0.25, 0.3) is 0 Å². The van der Waals surface area contributed by atoms with Gasteiger partial charge in [-0.1, -0.05) is 25.0 Å². The molecule has 0 saturated heterocycles. The summed E-state index contributed by atoms with van der Waals surface area (Å²) < 4.78 is 5.69. The number of carbonyl (C=O) groups is 1. The van der Waals surface area contributed by atoms with Gasteiger partial charge >= 0.3 is 0 Å². The van der Waals surface area contributed by atoms with Gasteiger partial charge in [0.1, 0.15) is 5.75 Å². The third kappa shape index (κ3) is 7.51. The number of ketones is 1. The molecule has 0 heterocycles. The van der Waals surface area contributed by atoms with Gasteiger partial charge in [0.05, 0.1) is 12.2 Å². The van der Waals surface area contributed by atoms with Gasteiger partial charge in [-0.2, -0.15) is 0 Å². The smallest absolute Gasteiger partial charge is 0.163 e. The van der Waals surface area contributed by atoms with Gasteiger partial charge in [0.15, 0.2) is 5.78 Å². The second kappa shape index (κ2) is 10.7. The summed E-state index contributed by atoms with van der Waals surface area (Å²) in [6.07, 6.45) is 4.68. The summed E-state index contributed by atoms with van der Waals surface area (Å²) in [4.78, 5) is 13.6. The molecule has 0 amide bonds. The van der Waals surface area contributed by atoms with E-state index in [1.807, 2.05) is 24.3 Å². The van der Waals surface area contributed by atoms with Crippen molar-refractivity contribution in [3.05, 3.63) is 29.8 Å². The van der Waals surface area contributed by atoms with Gasteiger partial charge in [-0.3, -0.25) is 4.79 Å². The average molecular weight is 300 g/mol. The zero-order chi connectivity index (χ0) is 14.1. The van der Waals surface area contributed by atoms with Crippen molar-refractivity contribution in [2.75, 3.05) is 27.2 Å². The minimum atomic E-state index is 0. The summed E-state index contributed by atoms with van der Waals surface area (Å²) in [5.74, 6) is 0.768. The molecule has 0 fully saturated rings. The molecule has 0 unspecified atom stereocenters. The molecule has 0 aliphatic carbocycles. The lowest BCUT2D eigenvalue weighted by molar-refractivity contribution is 0.101. The predicted molar refractivity (Wildman–Crippen MR) is 86.2 cm³/mol. The van der Waals surface area contributed by atoms with E-state index < -0.39 is 0 Å². The quantitative estimate of drug-likeness (QED) is 0.513. The van der Waals surface area contributed by atoms with Gasteiger partial charge in [-0.05, 0) is 52.5 Å². The van der Waals surface area contributed by atoms with Crippen LogP contribution in [0.3, 0.4) is 0 Å². The van der Waals surface area contributed by atoms with Gasteiger partial charge < -0.3 is 9.64 Å². The third-order valence-corrected chi connectivity index (χ3v) is 3.02. The van der Waals surface area contributed by atoms with Crippen LogP contribution < -0.4 is 4.74 Å². The molecule has 0 aliphatic heterocycles. The van der Waals surface area contributed by atoms with E-state index in [4.69, 9.17) is 4.74 Å². The van der Waals surface area contributed by atoms with E-state index in [0.29, 0.717) is 17.9 Å². The number of benzene rings is 1. The first-order chi connectivity index (χ1) is 9.11. The fourth-order valence-electron chi connectivity index (χ4n) is 1.95. The molecule has 0 saturated carbocycles. The van der Waals surface area contributed by atoms with Crippen molar-refractivity contribution in [3.63, 3.8) is 0 Å². The summed E-state index contributed by atoms with van der Waals surface area (Å²) in [5.41, 5.74) is 0.676. The Hall–Kier alpha value is -1.06. The van der Waals surface area contributed by atoms with Crippen molar-refractivity contribution in [2.45, 2.75) is 32.6 Å². The van der Waals surface area contributed by atoms with Crippen molar-refractivity contribution in [3.8, 4) is 5.75 Å². The van der Waals surface area contributed by atoms with E-state index in [1.165, 1.54) is 19.3 Å². The minimum Gasteiger partial charge on any atom is -0.493 e. The highest BCUT2D eigenvalue weighted by Gasteiger charge is 2.06. The van der Waals surface area contributed by atoms with Gasteiger partial charge in [0, 0.05) is 0 Å². The number of para-hydroxylation sites is 1. The molecule has 1 aromatic rings. The highest BCUT2D eigenvalue weighted by atomic mass is 35.5. The van der Waals surface area contributed by atoms with Crippen LogP contribution in [0.4, 0.5) is 0 Å². The lowest BCUT2D eigenvalue weighted by Crippen LogP contribution is -2.12. The van der Waals surface area contributed by atoms with Crippen molar-refractivity contribution in [2.24, 2.45) is 0 Å². The molecule has 0 radical (unpaired) electrons. The van der Waals surface area contributed by atoms with Crippen molar-refractivity contribution < 1.29 is 9.53 Å². The molecule has 4 heteroatoms. The van der Waals surface area contributed by atoms with Gasteiger partial charge in [0.2, 0.25) is 0 Å². The van der Waals surface area contributed by atoms with E-state index in [9.17, 15) is 4.79 Å². The lowest BCUT2D eigenvalue weighted by Gasteiger charge is -2.10. The molecule has 0 aliphatic rings. The van der Waals surface area contributed by atoms with Crippen molar-refractivity contribution in [1.82, 2.24) is 4.90 Å². The van der Waals surface area contributed by atoms with Gasteiger partial charge in [-0.25, -0.2) is 0 Å². The highest BCUT2D eigenvalue weighted by Crippen LogP contribution is 2.18. The van der Waals surface area contributed by atoms with E-state index >= 15 is 0 Å². The number of hydrogen-bond donors (Lipinski definition) is 0. The minimum absolute atomic E-state index is 0. The Labute approximate surface area is 128 Å². The van der Waals surface area contributed by atoms with E-state index in [-0.39, 0.29) is 18.2 Å². The molecule has 0 bridgehead atoms. The predicted octanol–water partition coefficient (Wildman–Crippen LogP) is 3.81. The summed E-state index contributed by atoms with van der Waals surface area (Å²) in [7, 11) is 4.20. The third-order valence-electron chi connectivity index (χ3n) is 3.02. The number of ether oxygens (including phenoxy) is 1. The van der Waals surface area contributed by atoms with Crippen LogP contribution in [-0.2, 0) is 0 Å². The molecule has 20 heavy (non-hydrogen) atoms. The fourth-order valence-corrected chi connectivity index (χ4v) is 1.95. The normalized spacial score (nSPS) is 10.2. The molecule has 0 spiro atoms. The number of nitrogens with zero attached hydrogens (tertiary/aromatic N) is 1. The molecule has 1 aromatic carbocycles. The number of halogens is 1. The van der Waals surface area contributed by atoms with Gasteiger partial charge in [-0.15, -0.1) is 12.4 Å². The first-order valence-corrected chi connectivity index (χ1v) is 6.98. The first kappa shape index (κ1) is 18.9. The Kier molecular flexibility index (Phi) is 10.1. The fraction of sp³-hybridized carbons (Fsp3) is 0.562. The Bertz CT molecular complexity index is 394. The largest absolute Gasteiger partial charge is 0.493 e. The molecule has 0 N–H and O–H groups in total. The molecule has 0 aromatic heterocycles. The van der Waals surface area contributed by atoms with E-state index in [0.717, 1.165) is 13.0 Å². The Balaban J connectivity index is 0.00000361. The van der Waals surface area contributed by atoms with Crippen molar-refractivity contribution in [1.29, 1.82) is 0 Å². The van der Waals surface area contributed by atoms with E-state index in [1.54, 1.807) is 6.92 Å². The second-order valence-electron chi connectivity index (χ2n) is 5.12. The number of unbranched alkanes of at least 4 members (excludes halogenated alkanes) is 3. The van der Waals surface area contributed by atoms with Crippen LogP contribution in [0.1, 0.15) is 43.0 Å². The molecule has 0 atom stereocenters. The number of rotatable bonds is 9. The summed E-state index contributed by atoms with van der Waals surface area (Å²) in [6.45, 7) is 3.41. The highest BCUT2D eigenvalue weighted by molar-refractivity contribution is 5.96. The summed E-state index contributed by atoms with van der Waals surface area (Å²) in [5, 5.41) is 0. The maximum absolute atomic E-state index is 11.4. The van der Waals surface area contributed by atoms with Crippen LogP contribution >= 0.6 is 12.4 Å². The first-order valence-electron chi connectivity index (χ1n) is 6.98. The van der Waals surface area contributed by atoms with Crippen LogP contribution in [0.2, 0.25) is 0 Å². The summed E-state index contributed by atoms with van der Waals surface area (Å²) >= 11 is 0. The second-order valence-corrected chi connectivity index (χ2v) is 5.12. The average Bonchev–Trinajstić information content (AvgIpc) is 2.37. The number of hydrogen-bond acceptors (Lipinski definition) is 3. The number of carbonyl (C=O) groups excluding carboxylic acids is 1. The van der Waals surface area contributed by atoms with E-state index in [2.05, 4.69) is 19.0 Å². The molecular formula is C16H26ClNO2. The van der Waals surface area contributed by atoms with Crippen LogP contribution in [0, 0.1) is 0 Å². The molecule has 1 rings (SSSR count). The topological polar surface area (TPSA) is 29.5 Å². The zero-order valence-corrected chi connectivity index (χ0v) is 13.5. The van der Waals surface area contributed by atoms with Crippen molar-refractivity contribution >= 4 is 18.2 Å². The molecular weight excluding hydrogens is 274 g/mol. The molecule has 114 valence electrons. The summed E-state index contributed by atoms with van der Waals surface area (Å²) in [6, 6.07) is 7.45. The Morgan fingerprint density at radius 2 is 1.75 bits per heavy atom. The SMILES string of the molecule is CC(=O)c1ccccc1OCCCCCCN(C)C.Cl. The van der Waals surface area contributed by atoms with Crippen LogP contribution in [0.15, 0.2) is 24.3 Å². The zero-order valence-electron chi connectivity index (χ0n) is 12.7. The maximum Gasteiger partial charge on any atom is 0.163 e.